The molecule has 0 aliphatic carbocycles. The molecule has 1 aromatic carbocycles. The molecular formula is C13H14BrFN2O3. The molecular weight excluding hydrogens is 331 g/mol. The SMILES string of the molecule is O=C(c1cc(F)ccc1[N+](=O)[O-])N1CCC(CCBr)C1. The van der Waals surface area contributed by atoms with Crippen molar-refractivity contribution in [3.8, 4) is 0 Å². The standard InChI is InChI=1S/C13H14BrFN2O3/c14-5-3-9-4-6-16(8-9)13(18)11-7-10(15)1-2-12(11)17(19)20/h1-2,7,9H,3-6,8H2. The molecule has 1 fully saturated rings. The maximum absolute atomic E-state index is 13.3. The number of carbonyl (C=O) groups is 1. The Labute approximate surface area is 124 Å². The topological polar surface area (TPSA) is 63.4 Å². The van der Waals surface area contributed by atoms with Gasteiger partial charge in [-0.15, -0.1) is 0 Å². The van der Waals surface area contributed by atoms with E-state index in [1.54, 1.807) is 4.90 Å². The summed E-state index contributed by atoms with van der Waals surface area (Å²) >= 11 is 3.36. The first kappa shape index (κ1) is 14.9. The second-order valence-electron chi connectivity index (χ2n) is 4.80. The Balaban J connectivity index is 2.21. The average molecular weight is 345 g/mol. The van der Waals surface area contributed by atoms with Gasteiger partial charge in [0.15, 0.2) is 0 Å². The lowest BCUT2D eigenvalue weighted by molar-refractivity contribution is -0.385. The Morgan fingerprint density at radius 2 is 2.30 bits per heavy atom. The molecule has 7 heteroatoms. The quantitative estimate of drug-likeness (QED) is 0.479. The van der Waals surface area contributed by atoms with Gasteiger partial charge in [0.1, 0.15) is 11.4 Å². The zero-order chi connectivity index (χ0) is 14.7. The van der Waals surface area contributed by atoms with E-state index in [9.17, 15) is 19.3 Å². The molecule has 1 unspecified atom stereocenters. The molecule has 1 aliphatic heterocycles. The number of halogens is 2. The summed E-state index contributed by atoms with van der Waals surface area (Å²) in [7, 11) is 0. The van der Waals surface area contributed by atoms with Crippen LogP contribution in [0.15, 0.2) is 18.2 Å². The van der Waals surface area contributed by atoms with E-state index in [-0.39, 0.29) is 11.3 Å². The molecule has 1 heterocycles. The van der Waals surface area contributed by atoms with E-state index in [4.69, 9.17) is 0 Å². The second-order valence-corrected chi connectivity index (χ2v) is 5.60. The van der Waals surface area contributed by atoms with Gasteiger partial charge in [-0.1, -0.05) is 15.9 Å². The van der Waals surface area contributed by atoms with E-state index in [0.717, 1.165) is 36.4 Å². The number of rotatable bonds is 4. The summed E-state index contributed by atoms with van der Waals surface area (Å²) in [6, 6.07) is 2.97. The van der Waals surface area contributed by atoms with Crippen LogP contribution < -0.4 is 0 Å². The number of benzene rings is 1. The van der Waals surface area contributed by atoms with Gasteiger partial charge in [0.05, 0.1) is 4.92 Å². The third kappa shape index (κ3) is 3.15. The molecule has 20 heavy (non-hydrogen) atoms. The Morgan fingerprint density at radius 1 is 1.55 bits per heavy atom. The highest BCUT2D eigenvalue weighted by atomic mass is 79.9. The highest BCUT2D eigenvalue weighted by molar-refractivity contribution is 9.09. The molecule has 0 N–H and O–H groups in total. The van der Waals surface area contributed by atoms with Crippen molar-refractivity contribution in [2.24, 2.45) is 5.92 Å². The number of nitro benzene ring substituents is 1. The van der Waals surface area contributed by atoms with E-state index in [0.29, 0.717) is 19.0 Å². The van der Waals surface area contributed by atoms with Crippen LogP contribution in [0, 0.1) is 21.8 Å². The number of hydrogen-bond donors (Lipinski definition) is 0. The van der Waals surface area contributed by atoms with E-state index < -0.39 is 16.6 Å². The summed E-state index contributed by atoms with van der Waals surface area (Å²) < 4.78 is 13.3. The summed E-state index contributed by atoms with van der Waals surface area (Å²) in [4.78, 5) is 24.2. The Morgan fingerprint density at radius 3 is 2.95 bits per heavy atom. The zero-order valence-corrected chi connectivity index (χ0v) is 12.3. The molecule has 1 atom stereocenters. The number of likely N-dealkylation sites (tertiary alicyclic amines) is 1. The number of carbonyl (C=O) groups excluding carboxylic acids is 1. The van der Waals surface area contributed by atoms with Crippen molar-refractivity contribution in [2.45, 2.75) is 12.8 Å². The lowest BCUT2D eigenvalue weighted by atomic mass is 10.1. The molecule has 1 amide bonds. The van der Waals surface area contributed by atoms with Crippen LogP contribution in [0.1, 0.15) is 23.2 Å². The van der Waals surface area contributed by atoms with Crippen LogP contribution in [0.2, 0.25) is 0 Å². The van der Waals surface area contributed by atoms with Crippen LogP contribution in [-0.2, 0) is 0 Å². The van der Waals surface area contributed by atoms with E-state index >= 15 is 0 Å². The molecule has 0 radical (unpaired) electrons. The normalized spacial score (nSPS) is 18.3. The number of alkyl halides is 1. The minimum atomic E-state index is -0.654. The summed E-state index contributed by atoms with van der Waals surface area (Å²) in [6.07, 6.45) is 1.83. The van der Waals surface area contributed by atoms with Crippen LogP contribution in [0.4, 0.5) is 10.1 Å². The highest BCUT2D eigenvalue weighted by Crippen LogP contribution is 2.26. The van der Waals surface area contributed by atoms with Gasteiger partial charge in [-0.2, -0.15) is 0 Å². The van der Waals surface area contributed by atoms with Crippen LogP contribution >= 0.6 is 15.9 Å². The zero-order valence-electron chi connectivity index (χ0n) is 10.7. The van der Waals surface area contributed by atoms with Gasteiger partial charge in [-0.05, 0) is 30.9 Å². The maximum Gasteiger partial charge on any atom is 0.282 e. The van der Waals surface area contributed by atoms with Crippen LogP contribution in [0.5, 0.6) is 0 Å². The molecule has 1 aromatic rings. The molecule has 0 bridgehead atoms. The van der Waals surface area contributed by atoms with Crippen molar-refractivity contribution in [1.82, 2.24) is 4.90 Å². The highest BCUT2D eigenvalue weighted by Gasteiger charge is 2.30. The first-order chi connectivity index (χ1) is 9.52. The number of hydrogen-bond acceptors (Lipinski definition) is 3. The third-order valence-electron chi connectivity index (χ3n) is 3.48. The molecule has 2 rings (SSSR count). The number of amides is 1. The Hall–Kier alpha value is -1.50. The third-order valence-corrected chi connectivity index (χ3v) is 3.93. The number of nitrogens with zero attached hydrogens (tertiary/aromatic N) is 2. The summed E-state index contributed by atoms with van der Waals surface area (Å²) in [5.41, 5.74) is -0.519. The lowest BCUT2D eigenvalue weighted by Gasteiger charge is -2.16. The van der Waals surface area contributed by atoms with Crippen LogP contribution in [-0.4, -0.2) is 34.2 Å². The minimum absolute atomic E-state index is 0.172. The van der Waals surface area contributed by atoms with Crippen molar-refractivity contribution in [2.75, 3.05) is 18.4 Å². The first-order valence-electron chi connectivity index (χ1n) is 6.32. The molecule has 0 saturated carbocycles. The van der Waals surface area contributed by atoms with E-state index in [1.165, 1.54) is 0 Å². The van der Waals surface area contributed by atoms with Crippen molar-refractivity contribution >= 4 is 27.5 Å². The van der Waals surface area contributed by atoms with Crippen molar-refractivity contribution in [3.63, 3.8) is 0 Å². The Bertz CT molecular complexity index is 538. The van der Waals surface area contributed by atoms with Gasteiger partial charge >= 0.3 is 0 Å². The molecule has 5 nitrogen and oxygen atoms in total. The summed E-state index contributed by atoms with van der Waals surface area (Å²) in [6.45, 7) is 1.13. The molecule has 0 spiro atoms. The van der Waals surface area contributed by atoms with Gasteiger partial charge in [0.25, 0.3) is 11.6 Å². The monoisotopic (exact) mass is 344 g/mol. The number of nitro groups is 1. The average Bonchev–Trinajstić information content (AvgIpc) is 2.86. The molecule has 108 valence electrons. The molecule has 1 saturated heterocycles. The Kier molecular flexibility index (Phi) is 4.69. The molecule has 1 aliphatic rings. The maximum atomic E-state index is 13.3. The van der Waals surface area contributed by atoms with Crippen LogP contribution in [0.3, 0.4) is 0 Å². The first-order valence-corrected chi connectivity index (χ1v) is 7.44. The van der Waals surface area contributed by atoms with E-state index in [1.807, 2.05) is 0 Å². The van der Waals surface area contributed by atoms with Gasteiger partial charge in [-0.25, -0.2) is 4.39 Å². The van der Waals surface area contributed by atoms with Crippen molar-refractivity contribution in [3.05, 3.63) is 39.7 Å². The smallest absolute Gasteiger partial charge is 0.282 e. The van der Waals surface area contributed by atoms with Gasteiger partial charge in [0, 0.05) is 24.5 Å². The van der Waals surface area contributed by atoms with Gasteiger partial charge in [-0.3, -0.25) is 14.9 Å². The van der Waals surface area contributed by atoms with E-state index in [2.05, 4.69) is 15.9 Å². The molecule has 0 aromatic heterocycles. The largest absolute Gasteiger partial charge is 0.338 e. The minimum Gasteiger partial charge on any atom is -0.338 e. The van der Waals surface area contributed by atoms with Gasteiger partial charge in [0.2, 0.25) is 0 Å². The van der Waals surface area contributed by atoms with Gasteiger partial charge < -0.3 is 4.90 Å². The fourth-order valence-electron chi connectivity index (χ4n) is 2.42. The fourth-order valence-corrected chi connectivity index (χ4v) is 3.06. The predicted molar refractivity (Wildman–Crippen MR) is 75.5 cm³/mol. The second kappa shape index (κ2) is 6.30. The lowest BCUT2D eigenvalue weighted by Crippen LogP contribution is -2.29. The van der Waals surface area contributed by atoms with Crippen molar-refractivity contribution < 1.29 is 14.1 Å². The van der Waals surface area contributed by atoms with Crippen LogP contribution in [0.25, 0.3) is 0 Å². The summed E-state index contributed by atoms with van der Waals surface area (Å²) in [5.74, 6) is -0.714. The summed E-state index contributed by atoms with van der Waals surface area (Å²) in [5, 5.41) is 11.8. The van der Waals surface area contributed by atoms with Crippen molar-refractivity contribution in [1.29, 1.82) is 0 Å². The predicted octanol–water partition coefficient (Wildman–Crippen LogP) is 2.98. The fraction of sp³-hybridized carbons (Fsp3) is 0.462.